The van der Waals surface area contributed by atoms with Crippen LogP contribution < -0.4 is 10.6 Å². The third-order valence-electron chi connectivity index (χ3n) is 4.57. The molecule has 1 aromatic heterocycles. The molecule has 1 amide bonds. The van der Waals surface area contributed by atoms with Gasteiger partial charge >= 0.3 is 5.97 Å². The number of benzene rings is 2. The van der Waals surface area contributed by atoms with Crippen molar-refractivity contribution >= 4 is 17.6 Å². The van der Waals surface area contributed by atoms with Crippen LogP contribution in [0.1, 0.15) is 39.2 Å². The molecule has 0 radical (unpaired) electrons. The van der Waals surface area contributed by atoms with Gasteiger partial charge in [-0.05, 0) is 67.1 Å². The number of hydrogen-bond acceptors (Lipinski definition) is 4. The van der Waals surface area contributed by atoms with Crippen LogP contribution in [0.25, 0.3) is 11.1 Å². The number of carboxylic acids is 1. The Morgan fingerprint density at radius 2 is 1.75 bits per heavy atom. The number of aromatic nitrogens is 1. The minimum Gasteiger partial charge on any atom is -0.478 e. The smallest absolute Gasteiger partial charge is 0.335 e. The standard InChI is InChI=1S/C22H21N3O3/c1-14(23-2)19-7-6-16(21(26)25-18-8-10-24-11-9-18)13-20(19)15-4-3-5-17(12-15)22(27)28/h3-14,23H,1-2H3,(H,27,28)(H,24,25,26). The maximum atomic E-state index is 12.7. The number of carbonyl (C=O) groups is 2. The summed E-state index contributed by atoms with van der Waals surface area (Å²) in [6.45, 7) is 2.01. The molecule has 0 fully saturated rings. The summed E-state index contributed by atoms with van der Waals surface area (Å²) in [5.74, 6) is -1.23. The molecule has 3 aromatic rings. The third-order valence-corrected chi connectivity index (χ3v) is 4.57. The summed E-state index contributed by atoms with van der Waals surface area (Å²) in [5.41, 5.74) is 3.88. The second-order valence-electron chi connectivity index (χ2n) is 6.39. The number of nitrogens with one attached hydrogen (secondary N) is 2. The molecule has 0 aliphatic heterocycles. The molecule has 1 unspecified atom stereocenters. The number of amides is 1. The van der Waals surface area contributed by atoms with Crippen molar-refractivity contribution < 1.29 is 14.7 Å². The molecule has 1 heterocycles. The van der Waals surface area contributed by atoms with Gasteiger partial charge in [-0.3, -0.25) is 9.78 Å². The van der Waals surface area contributed by atoms with Gasteiger partial charge in [0.15, 0.2) is 0 Å². The van der Waals surface area contributed by atoms with Crippen LogP contribution in [-0.2, 0) is 0 Å². The van der Waals surface area contributed by atoms with E-state index in [2.05, 4.69) is 15.6 Å². The third kappa shape index (κ3) is 4.24. The average Bonchev–Trinajstić information content (AvgIpc) is 2.73. The van der Waals surface area contributed by atoms with E-state index in [4.69, 9.17) is 0 Å². The molecule has 0 saturated heterocycles. The van der Waals surface area contributed by atoms with Gasteiger partial charge in [0.05, 0.1) is 5.56 Å². The average molecular weight is 375 g/mol. The monoisotopic (exact) mass is 375 g/mol. The van der Waals surface area contributed by atoms with Crippen molar-refractivity contribution in [2.24, 2.45) is 0 Å². The summed E-state index contributed by atoms with van der Waals surface area (Å²) in [4.78, 5) is 28.0. The van der Waals surface area contributed by atoms with Gasteiger partial charge in [-0.25, -0.2) is 4.79 Å². The van der Waals surface area contributed by atoms with E-state index in [0.29, 0.717) is 11.3 Å². The molecule has 1 atom stereocenters. The molecule has 3 rings (SSSR count). The molecule has 28 heavy (non-hydrogen) atoms. The minimum atomic E-state index is -0.989. The van der Waals surface area contributed by atoms with E-state index < -0.39 is 5.97 Å². The number of hydrogen-bond donors (Lipinski definition) is 3. The summed E-state index contributed by atoms with van der Waals surface area (Å²) < 4.78 is 0. The molecule has 2 aromatic carbocycles. The van der Waals surface area contributed by atoms with Crippen LogP contribution in [0.3, 0.4) is 0 Å². The van der Waals surface area contributed by atoms with Gasteiger partial charge < -0.3 is 15.7 Å². The first-order valence-electron chi connectivity index (χ1n) is 8.86. The largest absolute Gasteiger partial charge is 0.478 e. The van der Waals surface area contributed by atoms with Crippen LogP contribution in [-0.4, -0.2) is 29.0 Å². The number of nitrogens with zero attached hydrogens (tertiary/aromatic N) is 1. The number of aromatic carboxylic acids is 1. The first-order valence-corrected chi connectivity index (χ1v) is 8.86. The van der Waals surface area contributed by atoms with Crippen LogP contribution >= 0.6 is 0 Å². The molecule has 0 saturated carbocycles. The van der Waals surface area contributed by atoms with Gasteiger partial charge in [0.1, 0.15) is 0 Å². The second-order valence-corrected chi connectivity index (χ2v) is 6.39. The highest BCUT2D eigenvalue weighted by atomic mass is 16.4. The second kappa shape index (κ2) is 8.45. The zero-order valence-electron chi connectivity index (χ0n) is 15.6. The lowest BCUT2D eigenvalue weighted by Gasteiger charge is -2.18. The number of anilines is 1. The first kappa shape index (κ1) is 19.3. The molecule has 0 aliphatic rings. The summed E-state index contributed by atoms with van der Waals surface area (Å²) in [6, 6.07) is 15.6. The van der Waals surface area contributed by atoms with E-state index in [0.717, 1.165) is 16.7 Å². The Morgan fingerprint density at radius 3 is 2.43 bits per heavy atom. The predicted octanol–water partition coefficient (Wildman–Crippen LogP) is 3.98. The highest BCUT2D eigenvalue weighted by Crippen LogP contribution is 2.30. The molecule has 0 bridgehead atoms. The Labute approximate surface area is 163 Å². The summed E-state index contributed by atoms with van der Waals surface area (Å²) in [6.07, 6.45) is 3.21. The zero-order valence-corrected chi connectivity index (χ0v) is 15.6. The predicted molar refractivity (Wildman–Crippen MR) is 109 cm³/mol. The van der Waals surface area contributed by atoms with E-state index in [1.165, 1.54) is 0 Å². The number of carboxylic acid groups (broad SMARTS) is 1. The minimum absolute atomic E-state index is 0.0285. The maximum Gasteiger partial charge on any atom is 0.335 e. The fourth-order valence-corrected chi connectivity index (χ4v) is 2.94. The lowest BCUT2D eigenvalue weighted by molar-refractivity contribution is 0.0696. The van der Waals surface area contributed by atoms with E-state index in [-0.39, 0.29) is 17.5 Å². The van der Waals surface area contributed by atoms with E-state index >= 15 is 0 Å². The molecule has 6 nitrogen and oxygen atoms in total. The van der Waals surface area contributed by atoms with Crippen molar-refractivity contribution in [2.75, 3.05) is 12.4 Å². The highest BCUT2D eigenvalue weighted by Gasteiger charge is 2.16. The van der Waals surface area contributed by atoms with Gasteiger partial charge in [-0.1, -0.05) is 18.2 Å². The molecular formula is C22H21N3O3. The number of carbonyl (C=O) groups excluding carboxylic acids is 1. The molecule has 0 spiro atoms. The van der Waals surface area contributed by atoms with Crippen LogP contribution in [0, 0.1) is 0 Å². The Hall–Kier alpha value is -3.51. The number of pyridine rings is 1. The summed E-state index contributed by atoms with van der Waals surface area (Å²) in [5, 5.41) is 15.3. The van der Waals surface area contributed by atoms with Crippen molar-refractivity contribution in [1.82, 2.24) is 10.3 Å². The van der Waals surface area contributed by atoms with Crippen LogP contribution in [0.2, 0.25) is 0 Å². The summed E-state index contributed by atoms with van der Waals surface area (Å²) in [7, 11) is 1.85. The lowest BCUT2D eigenvalue weighted by Crippen LogP contribution is -2.16. The van der Waals surface area contributed by atoms with E-state index in [9.17, 15) is 14.7 Å². The van der Waals surface area contributed by atoms with Crippen LogP contribution in [0.4, 0.5) is 5.69 Å². The summed E-state index contributed by atoms with van der Waals surface area (Å²) >= 11 is 0. The Balaban J connectivity index is 2.03. The van der Waals surface area contributed by atoms with E-state index in [1.807, 2.05) is 26.1 Å². The highest BCUT2D eigenvalue weighted by molar-refractivity contribution is 6.05. The molecule has 142 valence electrons. The molecular weight excluding hydrogens is 354 g/mol. The van der Waals surface area contributed by atoms with Crippen molar-refractivity contribution in [3.63, 3.8) is 0 Å². The first-order chi connectivity index (χ1) is 13.5. The van der Waals surface area contributed by atoms with Crippen LogP contribution in [0.15, 0.2) is 67.0 Å². The Morgan fingerprint density at radius 1 is 1.00 bits per heavy atom. The quantitative estimate of drug-likeness (QED) is 0.606. The van der Waals surface area contributed by atoms with Gasteiger partial charge in [-0.15, -0.1) is 0 Å². The number of rotatable bonds is 6. The van der Waals surface area contributed by atoms with Crippen molar-refractivity contribution in [3.05, 3.63) is 83.7 Å². The molecule has 6 heteroatoms. The van der Waals surface area contributed by atoms with Crippen molar-refractivity contribution in [3.8, 4) is 11.1 Å². The van der Waals surface area contributed by atoms with Gasteiger partial charge in [0, 0.05) is 29.7 Å². The lowest BCUT2D eigenvalue weighted by atomic mass is 9.92. The van der Waals surface area contributed by atoms with Gasteiger partial charge in [-0.2, -0.15) is 0 Å². The molecule has 3 N–H and O–H groups in total. The molecule has 0 aliphatic carbocycles. The fraction of sp³-hybridized carbons (Fsp3) is 0.136. The fourth-order valence-electron chi connectivity index (χ4n) is 2.94. The normalized spacial score (nSPS) is 11.6. The van der Waals surface area contributed by atoms with E-state index in [1.54, 1.807) is 54.9 Å². The Bertz CT molecular complexity index is 1000. The maximum absolute atomic E-state index is 12.7. The van der Waals surface area contributed by atoms with Crippen molar-refractivity contribution in [2.45, 2.75) is 13.0 Å². The zero-order chi connectivity index (χ0) is 20.1. The van der Waals surface area contributed by atoms with Gasteiger partial charge in [0.2, 0.25) is 0 Å². The topological polar surface area (TPSA) is 91.3 Å². The SMILES string of the molecule is CNC(C)c1ccc(C(=O)Nc2ccncc2)cc1-c1cccc(C(=O)O)c1. The Kier molecular flexibility index (Phi) is 5.81. The van der Waals surface area contributed by atoms with Crippen molar-refractivity contribution in [1.29, 1.82) is 0 Å². The van der Waals surface area contributed by atoms with Crippen LogP contribution in [0.5, 0.6) is 0 Å². The van der Waals surface area contributed by atoms with Gasteiger partial charge in [0.25, 0.3) is 5.91 Å².